The maximum atomic E-state index is 9.36. The van der Waals surface area contributed by atoms with Crippen molar-refractivity contribution in [1.29, 1.82) is 5.26 Å². The zero-order valence-corrected chi connectivity index (χ0v) is 11.6. The van der Waals surface area contributed by atoms with E-state index >= 15 is 0 Å². The van der Waals surface area contributed by atoms with Gasteiger partial charge in [0.25, 0.3) is 0 Å². The van der Waals surface area contributed by atoms with Gasteiger partial charge in [0.05, 0.1) is 10.6 Å². The second-order valence-corrected chi connectivity index (χ2v) is 4.66. The number of nitrogens with zero attached hydrogens (tertiary/aromatic N) is 2. The first-order valence-electron chi connectivity index (χ1n) is 5.92. The molecule has 19 heavy (non-hydrogen) atoms. The lowest BCUT2D eigenvalue weighted by atomic mass is 9.99. The van der Waals surface area contributed by atoms with E-state index in [1.165, 1.54) is 0 Å². The van der Waals surface area contributed by atoms with Crippen LogP contribution in [0.25, 0.3) is 10.6 Å². The Balaban J connectivity index is 2.63. The Hall–Kier alpha value is -2.11. The standard InChI is InChI=1S/C16H13ClN2/c1-11-4-3-5-14(12(11)2)16(17)15(10-18)13-6-8-19-9-7-13/h3-9H,1-2H3/b16-15+. The summed E-state index contributed by atoms with van der Waals surface area (Å²) in [6, 6.07) is 11.7. The molecule has 0 N–H and O–H groups in total. The summed E-state index contributed by atoms with van der Waals surface area (Å²) in [4.78, 5) is 3.95. The zero-order chi connectivity index (χ0) is 13.8. The third-order valence-electron chi connectivity index (χ3n) is 3.14. The molecule has 2 rings (SSSR count). The molecule has 0 saturated carbocycles. The molecule has 0 spiro atoms. The SMILES string of the molecule is Cc1cccc(/C(Cl)=C(/C#N)c2ccncc2)c1C. The number of hydrogen-bond donors (Lipinski definition) is 0. The Bertz CT molecular complexity index is 667. The molecule has 0 aliphatic heterocycles. The number of rotatable bonds is 2. The normalized spacial score (nSPS) is 11.7. The molecule has 0 bridgehead atoms. The number of nitriles is 1. The van der Waals surface area contributed by atoms with E-state index in [0.717, 1.165) is 22.3 Å². The van der Waals surface area contributed by atoms with Gasteiger partial charge >= 0.3 is 0 Å². The fourth-order valence-corrected chi connectivity index (χ4v) is 2.24. The van der Waals surface area contributed by atoms with Gasteiger partial charge in [-0.1, -0.05) is 29.8 Å². The molecule has 0 aliphatic carbocycles. The summed E-state index contributed by atoms with van der Waals surface area (Å²) in [5.74, 6) is 0. The molecule has 1 aromatic heterocycles. The third-order valence-corrected chi connectivity index (χ3v) is 3.53. The molecular weight excluding hydrogens is 256 g/mol. The van der Waals surface area contributed by atoms with Gasteiger partial charge in [0.2, 0.25) is 0 Å². The Morgan fingerprint density at radius 1 is 1.16 bits per heavy atom. The van der Waals surface area contributed by atoms with Gasteiger partial charge < -0.3 is 0 Å². The Morgan fingerprint density at radius 2 is 1.84 bits per heavy atom. The molecule has 1 aromatic carbocycles. The smallest absolute Gasteiger partial charge is 0.101 e. The van der Waals surface area contributed by atoms with Gasteiger partial charge in [0, 0.05) is 12.4 Å². The molecule has 0 unspecified atom stereocenters. The van der Waals surface area contributed by atoms with Crippen molar-refractivity contribution in [2.75, 3.05) is 0 Å². The average molecular weight is 269 g/mol. The van der Waals surface area contributed by atoms with Crippen LogP contribution < -0.4 is 0 Å². The van der Waals surface area contributed by atoms with E-state index in [0.29, 0.717) is 10.6 Å². The topological polar surface area (TPSA) is 36.7 Å². The van der Waals surface area contributed by atoms with Crippen LogP contribution in [0, 0.1) is 25.2 Å². The molecule has 0 atom stereocenters. The van der Waals surface area contributed by atoms with Crippen molar-refractivity contribution in [2.45, 2.75) is 13.8 Å². The molecule has 1 heterocycles. The first kappa shape index (κ1) is 13.3. The highest BCUT2D eigenvalue weighted by atomic mass is 35.5. The number of allylic oxidation sites excluding steroid dienone is 1. The Morgan fingerprint density at radius 3 is 2.47 bits per heavy atom. The minimum absolute atomic E-state index is 0.470. The lowest BCUT2D eigenvalue weighted by Gasteiger charge is -2.09. The highest BCUT2D eigenvalue weighted by Crippen LogP contribution is 2.31. The molecule has 0 aliphatic rings. The Kier molecular flexibility index (Phi) is 3.99. The molecule has 0 amide bonds. The first-order chi connectivity index (χ1) is 9.15. The van der Waals surface area contributed by atoms with Crippen LogP contribution in [0.4, 0.5) is 0 Å². The largest absolute Gasteiger partial charge is 0.265 e. The van der Waals surface area contributed by atoms with Gasteiger partial charge in [-0.3, -0.25) is 4.98 Å². The van der Waals surface area contributed by atoms with Crippen LogP contribution in [0.3, 0.4) is 0 Å². The van der Waals surface area contributed by atoms with E-state index in [4.69, 9.17) is 11.6 Å². The van der Waals surface area contributed by atoms with Crippen LogP contribution in [-0.2, 0) is 0 Å². The Labute approximate surface area is 118 Å². The third kappa shape index (κ3) is 2.67. The van der Waals surface area contributed by atoms with Crippen molar-refractivity contribution in [3.63, 3.8) is 0 Å². The number of aryl methyl sites for hydroxylation is 1. The quantitative estimate of drug-likeness (QED) is 0.760. The monoisotopic (exact) mass is 268 g/mol. The highest BCUT2D eigenvalue weighted by molar-refractivity contribution is 6.53. The second-order valence-electron chi connectivity index (χ2n) is 4.28. The van der Waals surface area contributed by atoms with Crippen LogP contribution in [0.2, 0.25) is 0 Å². The molecular formula is C16H13ClN2. The van der Waals surface area contributed by atoms with Crippen molar-refractivity contribution in [2.24, 2.45) is 0 Å². The summed E-state index contributed by atoms with van der Waals surface area (Å²) in [6.45, 7) is 4.04. The van der Waals surface area contributed by atoms with Gasteiger partial charge in [0.1, 0.15) is 6.07 Å². The number of pyridine rings is 1. The van der Waals surface area contributed by atoms with E-state index in [9.17, 15) is 5.26 Å². The van der Waals surface area contributed by atoms with Crippen LogP contribution >= 0.6 is 11.6 Å². The summed E-state index contributed by atoms with van der Waals surface area (Å²) in [5.41, 5.74) is 4.40. The van der Waals surface area contributed by atoms with Gasteiger partial charge in [-0.25, -0.2) is 0 Å². The van der Waals surface area contributed by atoms with E-state index in [2.05, 4.69) is 11.1 Å². The van der Waals surface area contributed by atoms with E-state index < -0.39 is 0 Å². The van der Waals surface area contributed by atoms with Gasteiger partial charge in [-0.15, -0.1) is 0 Å². The molecule has 2 nitrogen and oxygen atoms in total. The predicted molar refractivity (Wildman–Crippen MR) is 78.4 cm³/mol. The minimum atomic E-state index is 0.470. The summed E-state index contributed by atoms with van der Waals surface area (Å²) in [5, 5.41) is 9.84. The van der Waals surface area contributed by atoms with Gasteiger partial charge in [-0.05, 0) is 48.2 Å². The van der Waals surface area contributed by atoms with E-state index in [-0.39, 0.29) is 0 Å². The van der Waals surface area contributed by atoms with Crippen molar-refractivity contribution >= 4 is 22.2 Å². The van der Waals surface area contributed by atoms with Crippen molar-refractivity contribution in [3.8, 4) is 6.07 Å². The summed E-state index contributed by atoms with van der Waals surface area (Å²) in [6.07, 6.45) is 3.31. The number of aromatic nitrogens is 1. The number of hydrogen-bond acceptors (Lipinski definition) is 2. The lowest BCUT2D eigenvalue weighted by molar-refractivity contribution is 1.31. The fourth-order valence-electron chi connectivity index (χ4n) is 1.88. The predicted octanol–water partition coefficient (Wildman–Crippen LogP) is 4.33. The average Bonchev–Trinajstić information content (AvgIpc) is 2.44. The maximum absolute atomic E-state index is 9.36. The molecule has 2 aromatic rings. The fraction of sp³-hybridized carbons (Fsp3) is 0.125. The first-order valence-corrected chi connectivity index (χ1v) is 6.29. The zero-order valence-electron chi connectivity index (χ0n) is 10.8. The van der Waals surface area contributed by atoms with E-state index in [1.807, 2.05) is 32.0 Å². The van der Waals surface area contributed by atoms with Crippen molar-refractivity contribution in [3.05, 3.63) is 65.0 Å². The number of benzene rings is 1. The summed E-state index contributed by atoms with van der Waals surface area (Å²) in [7, 11) is 0. The minimum Gasteiger partial charge on any atom is -0.265 e. The van der Waals surface area contributed by atoms with Crippen molar-refractivity contribution < 1.29 is 0 Å². The lowest BCUT2D eigenvalue weighted by Crippen LogP contribution is -1.91. The molecule has 94 valence electrons. The van der Waals surface area contributed by atoms with Gasteiger partial charge in [0.15, 0.2) is 0 Å². The summed E-state index contributed by atoms with van der Waals surface area (Å²) >= 11 is 6.42. The van der Waals surface area contributed by atoms with Crippen LogP contribution in [0.5, 0.6) is 0 Å². The molecule has 0 radical (unpaired) electrons. The summed E-state index contributed by atoms with van der Waals surface area (Å²) < 4.78 is 0. The highest BCUT2D eigenvalue weighted by Gasteiger charge is 2.12. The number of halogens is 1. The van der Waals surface area contributed by atoms with E-state index in [1.54, 1.807) is 24.5 Å². The van der Waals surface area contributed by atoms with Crippen LogP contribution in [0.1, 0.15) is 22.3 Å². The molecule has 3 heteroatoms. The molecule has 0 fully saturated rings. The van der Waals surface area contributed by atoms with Crippen LogP contribution in [-0.4, -0.2) is 4.98 Å². The van der Waals surface area contributed by atoms with Crippen LogP contribution in [0.15, 0.2) is 42.7 Å². The second kappa shape index (κ2) is 5.69. The molecule has 0 saturated heterocycles. The van der Waals surface area contributed by atoms with Gasteiger partial charge in [-0.2, -0.15) is 5.26 Å². The maximum Gasteiger partial charge on any atom is 0.101 e. The van der Waals surface area contributed by atoms with Crippen molar-refractivity contribution in [1.82, 2.24) is 4.98 Å².